The van der Waals surface area contributed by atoms with Crippen LogP contribution in [0.15, 0.2) is 53.4 Å². The van der Waals surface area contributed by atoms with Crippen LogP contribution in [-0.4, -0.2) is 30.0 Å². The lowest BCUT2D eigenvalue weighted by Gasteiger charge is -2.23. The first-order chi connectivity index (χ1) is 10.3. The molecule has 0 radical (unpaired) electrons. The number of aliphatic hydroxyl groups is 2. The molecule has 0 fully saturated rings. The van der Waals surface area contributed by atoms with E-state index in [-0.39, 0.29) is 13.2 Å². The van der Waals surface area contributed by atoms with Crippen LogP contribution in [0.25, 0.3) is 0 Å². The molecule has 0 saturated heterocycles. The summed E-state index contributed by atoms with van der Waals surface area (Å²) in [6, 6.07) is 16.6. The van der Waals surface area contributed by atoms with E-state index < -0.39 is 5.41 Å². The van der Waals surface area contributed by atoms with Crippen molar-refractivity contribution in [2.45, 2.75) is 16.1 Å². The Bertz CT molecular complexity index is 611. The van der Waals surface area contributed by atoms with Crippen molar-refractivity contribution in [2.75, 3.05) is 25.1 Å². The molecule has 0 atom stereocenters. The first kappa shape index (κ1) is 14.4. The van der Waals surface area contributed by atoms with Crippen LogP contribution < -0.4 is 5.32 Å². The van der Waals surface area contributed by atoms with Crippen LogP contribution in [0, 0.1) is 0 Å². The lowest BCUT2D eigenvalue weighted by atomic mass is 9.84. The fraction of sp³-hybridized carbons (Fsp3) is 0.294. The van der Waals surface area contributed by atoms with Gasteiger partial charge in [0.1, 0.15) is 0 Å². The maximum atomic E-state index is 9.58. The van der Waals surface area contributed by atoms with Crippen molar-refractivity contribution in [3.05, 3.63) is 59.7 Å². The van der Waals surface area contributed by atoms with Gasteiger partial charge in [-0.1, -0.05) is 36.4 Å². The van der Waals surface area contributed by atoms with E-state index in [4.69, 9.17) is 0 Å². The zero-order valence-corrected chi connectivity index (χ0v) is 12.6. The predicted octanol–water partition coefficient (Wildman–Crippen LogP) is 2.63. The van der Waals surface area contributed by atoms with Crippen LogP contribution in [-0.2, 0) is 11.2 Å². The number of hydrogen-bond donors (Lipinski definition) is 3. The van der Waals surface area contributed by atoms with E-state index in [1.807, 2.05) is 12.1 Å². The van der Waals surface area contributed by atoms with Crippen LogP contribution in [0.4, 0.5) is 5.69 Å². The maximum Gasteiger partial charge on any atom is 0.0607 e. The molecule has 3 rings (SSSR count). The normalized spacial score (nSPS) is 15.5. The fourth-order valence-corrected chi connectivity index (χ4v) is 3.55. The van der Waals surface area contributed by atoms with Gasteiger partial charge in [-0.3, -0.25) is 0 Å². The Labute approximate surface area is 129 Å². The Morgan fingerprint density at radius 3 is 2.52 bits per heavy atom. The number of rotatable bonds is 5. The molecule has 1 aliphatic rings. The van der Waals surface area contributed by atoms with Crippen LogP contribution in [0.1, 0.15) is 11.1 Å². The van der Waals surface area contributed by atoms with E-state index in [2.05, 4.69) is 41.7 Å². The van der Waals surface area contributed by atoms with Crippen molar-refractivity contribution in [1.29, 1.82) is 0 Å². The van der Waals surface area contributed by atoms with Crippen LogP contribution in [0.5, 0.6) is 0 Å². The van der Waals surface area contributed by atoms with Crippen LogP contribution in [0.3, 0.4) is 0 Å². The molecule has 110 valence electrons. The maximum absolute atomic E-state index is 9.58. The Morgan fingerprint density at radius 2 is 1.81 bits per heavy atom. The van der Waals surface area contributed by atoms with Gasteiger partial charge in [0.25, 0.3) is 0 Å². The topological polar surface area (TPSA) is 52.5 Å². The highest BCUT2D eigenvalue weighted by Gasteiger charge is 2.37. The van der Waals surface area contributed by atoms with Crippen molar-refractivity contribution < 1.29 is 10.2 Å². The smallest absolute Gasteiger partial charge is 0.0607 e. The molecule has 3 N–H and O–H groups in total. The lowest BCUT2D eigenvalue weighted by molar-refractivity contribution is 0.130. The molecule has 3 nitrogen and oxygen atoms in total. The second-order valence-electron chi connectivity index (χ2n) is 5.43. The molecule has 0 aliphatic carbocycles. The molecule has 1 aliphatic heterocycles. The number of anilines is 1. The van der Waals surface area contributed by atoms with Gasteiger partial charge in [-0.15, -0.1) is 11.8 Å². The standard InChI is InChI=1S/C17H19NO2S/c19-11-17(12-20)10-18-16-8-14(6-7-15(16)17)21-9-13-4-2-1-3-5-13/h1-8,18-20H,9-12H2. The van der Waals surface area contributed by atoms with Gasteiger partial charge in [0.05, 0.1) is 18.6 Å². The number of nitrogens with one attached hydrogen (secondary N) is 1. The monoisotopic (exact) mass is 301 g/mol. The molecule has 21 heavy (non-hydrogen) atoms. The molecule has 2 aromatic carbocycles. The summed E-state index contributed by atoms with van der Waals surface area (Å²) < 4.78 is 0. The summed E-state index contributed by atoms with van der Waals surface area (Å²) in [7, 11) is 0. The quantitative estimate of drug-likeness (QED) is 0.743. The highest BCUT2D eigenvalue weighted by atomic mass is 32.2. The summed E-state index contributed by atoms with van der Waals surface area (Å²) in [6.45, 7) is 0.502. The van der Waals surface area contributed by atoms with Crippen molar-refractivity contribution in [2.24, 2.45) is 0 Å². The van der Waals surface area contributed by atoms with E-state index >= 15 is 0 Å². The Morgan fingerprint density at radius 1 is 1.05 bits per heavy atom. The molecule has 0 unspecified atom stereocenters. The summed E-state index contributed by atoms with van der Waals surface area (Å²) in [5.74, 6) is 0.935. The Balaban J connectivity index is 1.76. The van der Waals surface area contributed by atoms with Crippen LogP contribution >= 0.6 is 11.8 Å². The molecule has 0 aromatic heterocycles. The summed E-state index contributed by atoms with van der Waals surface area (Å²) >= 11 is 1.79. The van der Waals surface area contributed by atoms with Crippen molar-refractivity contribution >= 4 is 17.4 Å². The first-order valence-corrected chi connectivity index (χ1v) is 8.03. The second-order valence-corrected chi connectivity index (χ2v) is 6.48. The van der Waals surface area contributed by atoms with Crippen molar-refractivity contribution in [3.8, 4) is 0 Å². The average molecular weight is 301 g/mol. The van der Waals surface area contributed by atoms with Gasteiger partial charge in [-0.05, 0) is 23.3 Å². The number of benzene rings is 2. The molecule has 0 saturated carbocycles. The van der Waals surface area contributed by atoms with E-state index in [0.29, 0.717) is 6.54 Å². The van der Waals surface area contributed by atoms with E-state index in [9.17, 15) is 10.2 Å². The third-order valence-corrected chi connectivity index (χ3v) is 5.10. The molecular weight excluding hydrogens is 282 g/mol. The minimum absolute atomic E-state index is 0.0417. The van der Waals surface area contributed by atoms with Gasteiger partial charge in [-0.25, -0.2) is 0 Å². The largest absolute Gasteiger partial charge is 0.395 e. The van der Waals surface area contributed by atoms with Gasteiger partial charge in [0.2, 0.25) is 0 Å². The molecule has 1 heterocycles. The molecule has 0 spiro atoms. The van der Waals surface area contributed by atoms with Crippen molar-refractivity contribution in [3.63, 3.8) is 0 Å². The minimum atomic E-state index is -0.544. The highest BCUT2D eigenvalue weighted by molar-refractivity contribution is 7.98. The van der Waals surface area contributed by atoms with Gasteiger partial charge in [-0.2, -0.15) is 0 Å². The minimum Gasteiger partial charge on any atom is -0.395 e. The molecule has 0 bridgehead atoms. The number of thioether (sulfide) groups is 1. The third kappa shape index (κ3) is 2.79. The number of aliphatic hydroxyl groups excluding tert-OH is 2. The van der Waals surface area contributed by atoms with E-state index in [1.165, 1.54) is 10.5 Å². The summed E-state index contributed by atoms with van der Waals surface area (Å²) in [5, 5.41) is 22.5. The van der Waals surface area contributed by atoms with Gasteiger partial charge in [0.15, 0.2) is 0 Å². The molecular formula is C17H19NO2S. The molecule has 4 heteroatoms. The number of fused-ring (bicyclic) bond motifs is 1. The fourth-order valence-electron chi connectivity index (χ4n) is 2.65. The summed E-state index contributed by atoms with van der Waals surface area (Å²) in [5.41, 5.74) is 2.79. The van der Waals surface area contributed by atoms with E-state index in [0.717, 1.165) is 17.0 Å². The highest BCUT2D eigenvalue weighted by Crippen LogP contribution is 2.39. The summed E-state index contributed by atoms with van der Waals surface area (Å²) in [6.07, 6.45) is 0. The molecule has 2 aromatic rings. The molecule has 0 amide bonds. The SMILES string of the molecule is OCC1(CO)CNc2cc(SCc3ccccc3)ccc21. The second kappa shape index (κ2) is 6.10. The third-order valence-electron chi connectivity index (χ3n) is 4.03. The van der Waals surface area contributed by atoms with Crippen molar-refractivity contribution in [1.82, 2.24) is 0 Å². The first-order valence-electron chi connectivity index (χ1n) is 7.04. The van der Waals surface area contributed by atoms with E-state index in [1.54, 1.807) is 11.8 Å². The Kier molecular flexibility index (Phi) is 4.19. The number of hydrogen-bond acceptors (Lipinski definition) is 4. The van der Waals surface area contributed by atoms with Gasteiger partial charge in [0, 0.05) is 22.9 Å². The predicted molar refractivity (Wildman–Crippen MR) is 86.8 cm³/mol. The zero-order valence-electron chi connectivity index (χ0n) is 11.7. The van der Waals surface area contributed by atoms with Gasteiger partial charge < -0.3 is 15.5 Å². The van der Waals surface area contributed by atoms with Gasteiger partial charge >= 0.3 is 0 Å². The lowest BCUT2D eigenvalue weighted by Crippen LogP contribution is -2.36. The summed E-state index contributed by atoms with van der Waals surface area (Å²) in [4.78, 5) is 1.19. The van der Waals surface area contributed by atoms with Crippen LogP contribution in [0.2, 0.25) is 0 Å². The average Bonchev–Trinajstić information content (AvgIpc) is 2.92. The Hall–Kier alpha value is -1.49. The zero-order chi connectivity index (χ0) is 14.7.